The lowest BCUT2D eigenvalue weighted by Crippen LogP contribution is -2.20. The van der Waals surface area contributed by atoms with Gasteiger partial charge in [0.1, 0.15) is 5.71 Å². The molecule has 12 heavy (non-hydrogen) atoms. The Labute approximate surface area is 69.3 Å². The van der Waals surface area contributed by atoms with Gasteiger partial charge in [-0.1, -0.05) is 18.2 Å². The van der Waals surface area contributed by atoms with Crippen LogP contribution in [0.15, 0.2) is 29.3 Å². The lowest BCUT2D eigenvalue weighted by molar-refractivity contribution is -0.0577. The van der Waals surface area contributed by atoms with Gasteiger partial charge in [-0.2, -0.15) is 13.2 Å². The Bertz CT molecular complexity index is 223. The average molecular weight is 177 g/mol. The van der Waals surface area contributed by atoms with Gasteiger partial charge < -0.3 is 0 Å². The Morgan fingerprint density at radius 1 is 1.33 bits per heavy atom. The minimum atomic E-state index is -4.37. The van der Waals surface area contributed by atoms with Crippen molar-refractivity contribution in [1.29, 1.82) is 0 Å². The van der Waals surface area contributed by atoms with E-state index < -0.39 is 11.9 Å². The van der Waals surface area contributed by atoms with Crippen molar-refractivity contribution in [2.24, 2.45) is 4.99 Å². The minimum absolute atomic E-state index is 0.556. The number of allylic oxidation sites excluding steroid dienone is 3. The maximum Gasteiger partial charge on any atom is 0.432 e. The van der Waals surface area contributed by atoms with Crippen LogP contribution in [-0.4, -0.2) is 18.9 Å². The molecule has 0 aliphatic rings. The number of halogens is 3. The molecule has 0 atom stereocenters. The van der Waals surface area contributed by atoms with E-state index in [4.69, 9.17) is 0 Å². The van der Waals surface area contributed by atoms with E-state index in [9.17, 15) is 13.2 Å². The SMILES string of the molecule is C=C(C)/C=C\C(=NC)C(F)(F)F. The molecule has 0 aromatic heterocycles. The first-order valence-electron chi connectivity index (χ1n) is 3.25. The van der Waals surface area contributed by atoms with Gasteiger partial charge in [0.2, 0.25) is 0 Å². The van der Waals surface area contributed by atoms with Crippen LogP contribution in [-0.2, 0) is 0 Å². The van der Waals surface area contributed by atoms with Crippen LogP contribution in [0.4, 0.5) is 13.2 Å². The summed E-state index contributed by atoms with van der Waals surface area (Å²) >= 11 is 0. The van der Waals surface area contributed by atoms with Crippen molar-refractivity contribution in [3.05, 3.63) is 24.3 Å². The highest BCUT2D eigenvalue weighted by atomic mass is 19.4. The molecule has 0 aromatic carbocycles. The van der Waals surface area contributed by atoms with Gasteiger partial charge in [-0.3, -0.25) is 4.99 Å². The molecule has 0 amide bonds. The van der Waals surface area contributed by atoms with Gasteiger partial charge in [0.25, 0.3) is 0 Å². The zero-order valence-corrected chi connectivity index (χ0v) is 6.94. The molecule has 0 fully saturated rings. The lowest BCUT2D eigenvalue weighted by atomic mass is 10.2. The Kier molecular flexibility index (Phi) is 3.73. The fourth-order valence-corrected chi connectivity index (χ4v) is 0.517. The van der Waals surface area contributed by atoms with Crippen LogP contribution in [0.25, 0.3) is 0 Å². The summed E-state index contributed by atoms with van der Waals surface area (Å²) in [5.74, 6) is 0. The van der Waals surface area contributed by atoms with Crippen LogP contribution in [0.5, 0.6) is 0 Å². The normalized spacial score (nSPS) is 13.9. The third kappa shape index (κ3) is 3.95. The fraction of sp³-hybridized carbons (Fsp3) is 0.375. The monoisotopic (exact) mass is 177 g/mol. The van der Waals surface area contributed by atoms with Crippen molar-refractivity contribution in [1.82, 2.24) is 0 Å². The standard InChI is InChI=1S/C8H10F3N/c1-6(2)4-5-7(12-3)8(9,10)11/h4-5H,1H2,2-3H3/b5-4-,12-7?. The first kappa shape index (κ1) is 10.9. The number of aliphatic imine (C=N–C) groups is 1. The van der Waals surface area contributed by atoms with E-state index in [1.165, 1.54) is 6.08 Å². The van der Waals surface area contributed by atoms with Crippen LogP contribution in [0, 0.1) is 0 Å². The maximum atomic E-state index is 12.0. The molecule has 0 saturated heterocycles. The molecule has 4 heteroatoms. The second-order valence-corrected chi connectivity index (χ2v) is 2.29. The molecule has 0 N–H and O–H groups in total. The van der Waals surface area contributed by atoms with Crippen molar-refractivity contribution in [2.45, 2.75) is 13.1 Å². The first-order valence-corrected chi connectivity index (χ1v) is 3.25. The van der Waals surface area contributed by atoms with Crippen molar-refractivity contribution in [3.8, 4) is 0 Å². The minimum Gasteiger partial charge on any atom is -0.284 e. The highest BCUT2D eigenvalue weighted by Crippen LogP contribution is 2.18. The molecule has 1 nitrogen and oxygen atoms in total. The van der Waals surface area contributed by atoms with Crippen LogP contribution < -0.4 is 0 Å². The maximum absolute atomic E-state index is 12.0. The molecule has 0 unspecified atom stereocenters. The second kappa shape index (κ2) is 4.09. The van der Waals surface area contributed by atoms with E-state index in [1.807, 2.05) is 0 Å². The van der Waals surface area contributed by atoms with Gasteiger partial charge in [0, 0.05) is 7.05 Å². The van der Waals surface area contributed by atoms with E-state index in [1.54, 1.807) is 6.92 Å². The topological polar surface area (TPSA) is 12.4 Å². The van der Waals surface area contributed by atoms with Gasteiger partial charge in [-0.15, -0.1) is 0 Å². The molecule has 0 aliphatic carbocycles. The summed E-state index contributed by atoms with van der Waals surface area (Å²) in [4.78, 5) is 3.10. The van der Waals surface area contributed by atoms with Crippen molar-refractivity contribution in [3.63, 3.8) is 0 Å². The lowest BCUT2D eigenvalue weighted by Gasteiger charge is -2.04. The van der Waals surface area contributed by atoms with Gasteiger partial charge in [-0.05, 0) is 13.0 Å². The Balaban J connectivity index is 4.53. The summed E-state index contributed by atoms with van der Waals surface area (Å²) in [5, 5.41) is 0. The Morgan fingerprint density at radius 2 is 1.83 bits per heavy atom. The largest absolute Gasteiger partial charge is 0.432 e. The van der Waals surface area contributed by atoms with Gasteiger partial charge in [0.15, 0.2) is 0 Å². The molecule has 0 saturated carbocycles. The number of hydrogen-bond acceptors (Lipinski definition) is 1. The predicted molar refractivity (Wildman–Crippen MR) is 43.4 cm³/mol. The summed E-state index contributed by atoms with van der Waals surface area (Å²) < 4.78 is 35.9. The van der Waals surface area contributed by atoms with E-state index in [2.05, 4.69) is 11.6 Å². The smallest absolute Gasteiger partial charge is 0.284 e. The van der Waals surface area contributed by atoms with Crippen LogP contribution in [0.1, 0.15) is 6.92 Å². The van der Waals surface area contributed by atoms with Crippen molar-refractivity contribution in [2.75, 3.05) is 7.05 Å². The average Bonchev–Trinajstić information content (AvgIpc) is 1.85. The summed E-state index contributed by atoms with van der Waals surface area (Å²) in [6, 6.07) is 0. The number of hydrogen-bond donors (Lipinski definition) is 0. The number of rotatable bonds is 2. The van der Waals surface area contributed by atoms with Gasteiger partial charge in [0.05, 0.1) is 0 Å². The summed E-state index contributed by atoms with van der Waals surface area (Å²) in [7, 11) is 1.10. The predicted octanol–water partition coefficient (Wildman–Crippen LogP) is 2.75. The summed E-state index contributed by atoms with van der Waals surface area (Å²) in [6.45, 7) is 5.05. The zero-order valence-electron chi connectivity index (χ0n) is 6.94. The molecule has 0 rings (SSSR count). The van der Waals surface area contributed by atoms with Crippen LogP contribution in [0.3, 0.4) is 0 Å². The van der Waals surface area contributed by atoms with Crippen LogP contribution >= 0.6 is 0 Å². The molecule has 0 aromatic rings. The van der Waals surface area contributed by atoms with E-state index in [-0.39, 0.29) is 0 Å². The van der Waals surface area contributed by atoms with Crippen molar-refractivity contribution < 1.29 is 13.2 Å². The number of alkyl halides is 3. The second-order valence-electron chi connectivity index (χ2n) is 2.29. The summed E-state index contributed by atoms with van der Waals surface area (Å²) in [5.41, 5.74) is -0.342. The highest BCUT2D eigenvalue weighted by Gasteiger charge is 2.32. The first-order chi connectivity index (χ1) is 5.38. The molecule has 0 bridgehead atoms. The van der Waals surface area contributed by atoms with Gasteiger partial charge in [-0.25, -0.2) is 0 Å². The summed E-state index contributed by atoms with van der Waals surface area (Å²) in [6.07, 6.45) is -2.20. The quantitative estimate of drug-likeness (QED) is 0.454. The highest BCUT2D eigenvalue weighted by molar-refractivity contribution is 5.99. The molecule has 0 radical (unpaired) electrons. The Hall–Kier alpha value is -1.06. The third-order valence-corrected chi connectivity index (χ3v) is 1.06. The van der Waals surface area contributed by atoms with E-state index >= 15 is 0 Å². The zero-order chi connectivity index (χ0) is 9.78. The molecule has 0 spiro atoms. The van der Waals surface area contributed by atoms with Crippen molar-refractivity contribution >= 4 is 5.71 Å². The Morgan fingerprint density at radius 3 is 2.08 bits per heavy atom. The molecule has 68 valence electrons. The van der Waals surface area contributed by atoms with E-state index in [0.29, 0.717) is 5.57 Å². The fourth-order valence-electron chi connectivity index (χ4n) is 0.517. The van der Waals surface area contributed by atoms with Crippen LogP contribution in [0.2, 0.25) is 0 Å². The number of nitrogens with zero attached hydrogens (tertiary/aromatic N) is 1. The molecular formula is C8H10F3N. The van der Waals surface area contributed by atoms with E-state index in [0.717, 1.165) is 13.1 Å². The molecular weight excluding hydrogens is 167 g/mol. The molecule has 0 heterocycles. The van der Waals surface area contributed by atoms with Gasteiger partial charge >= 0.3 is 6.18 Å². The molecule has 0 aliphatic heterocycles. The third-order valence-electron chi connectivity index (χ3n) is 1.06.